The van der Waals surface area contributed by atoms with Gasteiger partial charge >= 0.3 is 17.9 Å². The molecular weight excluding hydrogens is 719 g/mol. The van der Waals surface area contributed by atoms with Gasteiger partial charge in [0.2, 0.25) is 0 Å². The Morgan fingerprint density at radius 3 is 1.39 bits per heavy atom. The molecule has 2 unspecified atom stereocenters. The van der Waals surface area contributed by atoms with Crippen molar-refractivity contribution < 1.29 is 42.9 Å². The topological polar surface area (TPSA) is 108 Å². The Labute approximate surface area is 349 Å². The summed E-state index contributed by atoms with van der Waals surface area (Å²) in [6.07, 6.45) is 43.0. The summed E-state index contributed by atoms with van der Waals surface area (Å²) < 4.78 is 22.7. The van der Waals surface area contributed by atoms with E-state index in [4.69, 9.17) is 18.9 Å². The number of rotatable bonds is 41. The van der Waals surface area contributed by atoms with E-state index in [2.05, 4.69) is 62.5 Å². The Kier molecular flexibility index (Phi) is 38.1. The predicted molar refractivity (Wildman–Crippen MR) is 235 cm³/mol. The third-order valence-electron chi connectivity index (χ3n) is 9.56. The van der Waals surface area contributed by atoms with Gasteiger partial charge in [0, 0.05) is 12.8 Å². The first-order valence-corrected chi connectivity index (χ1v) is 22.8. The molecule has 0 aliphatic heterocycles. The fraction of sp³-hybridized carbons (Fsp3) is 0.771. The number of ether oxygens (including phenoxy) is 4. The Morgan fingerprint density at radius 2 is 0.947 bits per heavy atom. The lowest BCUT2D eigenvalue weighted by Gasteiger charge is -2.25. The highest BCUT2D eigenvalue weighted by molar-refractivity contribution is 5.71. The highest BCUT2D eigenvalue weighted by Crippen LogP contribution is 2.13. The molecule has 9 nitrogen and oxygen atoms in total. The molecular formula is C48H86NO8+. The van der Waals surface area contributed by atoms with Crippen LogP contribution >= 0.6 is 0 Å². The van der Waals surface area contributed by atoms with Crippen molar-refractivity contribution in [2.45, 2.75) is 193 Å². The van der Waals surface area contributed by atoms with Crippen LogP contribution in [0.15, 0.2) is 48.6 Å². The van der Waals surface area contributed by atoms with Crippen molar-refractivity contribution in [1.82, 2.24) is 0 Å². The van der Waals surface area contributed by atoms with Crippen LogP contribution in [0, 0.1) is 0 Å². The van der Waals surface area contributed by atoms with Crippen molar-refractivity contribution in [2.24, 2.45) is 0 Å². The highest BCUT2D eigenvalue weighted by Gasteiger charge is 2.25. The van der Waals surface area contributed by atoms with Gasteiger partial charge in [-0.2, -0.15) is 0 Å². The van der Waals surface area contributed by atoms with E-state index in [1.165, 1.54) is 64.2 Å². The number of carboxylic acid groups (broad SMARTS) is 1. The number of quaternary nitrogens is 1. The monoisotopic (exact) mass is 805 g/mol. The molecule has 0 aromatic heterocycles. The minimum Gasteiger partial charge on any atom is -0.477 e. The van der Waals surface area contributed by atoms with E-state index in [9.17, 15) is 19.5 Å². The highest BCUT2D eigenvalue weighted by atomic mass is 16.7. The number of unbranched alkanes of at least 4 members (excludes halogenated alkanes) is 18. The van der Waals surface area contributed by atoms with E-state index in [0.29, 0.717) is 17.4 Å². The molecule has 0 radical (unpaired) electrons. The molecule has 0 aliphatic carbocycles. The van der Waals surface area contributed by atoms with Gasteiger partial charge in [-0.05, 0) is 77.0 Å². The molecule has 0 aromatic carbocycles. The summed E-state index contributed by atoms with van der Waals surface area (Å²) >= 11 is 0. The fourth-order valence-corrected chi connectivity index (χ4v) is 5.95. The van der Waals surface area contributed by atoms with Crippen molar-refractivity contribution in [3.05, 3.63) is 48.6 Å². The molecule has 0 bridgehead atoms. The van der Waals surface area contributed by atoms with Gasteiger partial charge in [-0.3, -0.25) is 9.59 Å². The summed E-state index contributed by atoms with van der Waals surface area (Å²) in [4.78, 5) is 37.1. The molecule has 0 amide bonds. The molecule has 0 aromatic rings. The summed E-state index contributed by atoms with van der Waals surface area (Å²) in [5.74, 6) is -2.05. The van der Waals surface area contributed by atoms with E-state index in [1.54, 1.807) is 0 Å². The molecule has 0 rings (SSSR count). The first-order chi connectivity index (χ1) is 27.6. The maximum absolute atomic E-state index is 12.8. The van der Waals surface area contributed by atoms with E-state index in [-0.39, 0.29) is 38.6 Å². The number of hydrogen-bond acceptors (Lipinski definition) is 7. The molecule has 0 spiro atoms. The number of aliphatic carboxylic acids is 1. The van der Waals surface area contributed by atoms with Crippen LogP contribution in [0.25, 0.3) is 0 Å². The minimum atomic E-state index is -1.52. The molecule has 2 atom stereocenters. The first kappa shape index (κ1) is 54.2. The quantitative estimate of drug-likeness (QED) is 0.0214. The largest absolute Gasteiger partial charge is 0.477 e. The zero-order valence-corrected chi connectivity index (χ0v) is 37.2. The van der Waals surface area contributed by atoms with Crippen LogP contribution in [0.3, 0.4) is 0 Å². The molecule has 0 saturated carbocycles. The van der Waals surface area contributed by atoms with E-state index in [1.807, 2.05) is 21.1 Å². The number of likely N-dealkylation sites (N-methyl/N-ethyl adjacent to an activating group) is 1. The number of nitrogens with zero attached hydrogens (tertiary/aromatic N) is 1. The maximum Gasteiger partial charge on any atom is 0.361 e. The molecule has 9 heteroatoms. The van der Waals surface area contributed by atoms with Gasteiger partial charge in [-0.15, -0.1) is 0 Å². The summed E-state index contributed by atoms with van der Waals surface area (Å²) in [5, 5.41) is 9.63. The first-order valence-electron chi connectivity index (χ1n) is 22.8. The average Bonchev–Trinajstić information content (AvgIpc) is 3.17. The lowest BCUT2D eigenvalue weighted by Crippen LogP contribution is -2.40. The van der Waals surface area contributed by atoms with E-state index < -0.39 is 24.3 Å². The summed E-state index contributed by atoms with van der Waals surface area (Å²) in [6, 6.07) is 0. The minimum absolute atomic E-state index is 0.181. The lowest BCUT2D eigenvalue weighted by atomic mass is 10.1. The van der Waals surface area contributed by atoms with Gasteiger partial charge in [-0.25, -0.2) is 4.79 Å². The third kappa shape index (κ3) is 41.2. The van der Waals surface area contributed by atoms with Crippen LogP contribution in [0.2, 0.25) is 0 Å². The predicted octanol–water partition coefficient (Wildman–Crippen LogP) is 12.0. The molecule has 0 fully saturated rings. The van der Waals surface area contributed by atoms with Crippen molar-refractivity contribution >= 4 is 17.9 Å². The number of esters is 2. The second kappa shape index (κ2) is 40.0. The van der Waals surface area contributed by atoms with E-state index >= 15 is 0 Å². The zero-order valence-electron chi connectivity index (χ0n) is 37.2. The van der Waals surface area contributed by atoms with Gasteiger partial charge in [0.1, 0.15) is 13.2 Å². The van der Waals surface area contributed by atoms with Crippen molar-refractivity contribution in [3.63, 3.8) is 0 Å². The van der Waals surface area contributed by atoms with Gasteiger partial charge in [0.05, 0.1) is 34.4 Å². The number of carboxylic acids is 1. The summed E-state index contributed by atoms with van der Waals surface area (Å²) in [5.41, 5.74) is 0. The number of carbonyl (C=O) groups is 3. The molecule has 0 saturated heterocycles. The van der Waals surface area contributed by atoms with Gasteiger partial charge in [0.15, 0.2) is 6.10 Å². The van der Waals surface area contributed by atoms with Crippen LogP contribution in [-0.4, -0.2) is 87.4 Å². The second-order valence-electron chi connectivity index (χ2n) is 16.4. The van der Waals surface area contributed by atoms with Crippen LogP contribution < -0.4 is 0 Å². The molecule has 0 heterocycles. The fourth-order valence-electron chi connectivity index (χ4n) is 5.95. The van der Waals surface area contributed by atoms with Crippen LogP contribution in [0.4, 0.5) is 0 Å². The van der Waals surface area contributed by atoms with Gasteiger partial charge in [0.25, 0.3) is 6.29 Å². The Bertz CT molecular complexity index is 1080. The smallest absolute Gasteiger partial charge is 0.361 e. The zero-order chi connectivity index (χ0) is 42.1. The van der Waals surface area contributed by atoms with Gasteiger partial charge < -0.3 is 28.5 Å². The number of carbonyl (C=O) groups excluding carboxylic acids is 2. The normalized spacial score (nSPS) is 13.4. The Hall–Kier alpha value is -2.75. The van der Waals surface area contributed by atoms with Crippen molar-refractivity contribution in [2.75, 3.05) is 47.5 Å². The third-order valence-corrected chi connectivity index (χ3v) is 9.56. The van der Waals surface area contributed by atoms with Crippen molar-refractivity contribution in [1.29, 1.82) is 0 Å². The standard InChI is InChI=1S/C48H85NO8/c1-6-8-10-12-14-16-18-20-22-24-26-28-30-32-34-36-38-45(50)55-42-44(43-56-48(47(52)53)54-41-40-49(3,4)5)57-46(51)39-37-35-33-31-29-27-25-23-21-19-17-15-13-11-9-7-2/h16-19,22-25,44,48H,6-15,20-21,26-43H2,1-5H3/p+1/b18-16-,19-17-,24-22-,25-23-. The number of allylic oxidation sites excluding steroid dienone is 8. The molecule has 57 heavy (non-hydrogen) atoms. The molecule has 1 N–H and O–H groups in total. The lowest BCUT2D eigenvalue weighted by molar-refractivity contribution is -0.870. The summed E-state index contributed by atoms with van der Waals surface area (Å²) in [7, 11) is 5.94. The van der Waals surface area contributed by atoms with Crippen LogP contribution in [-0.2, 0) is 33.3 Å². The SMILES string of the molecule is CCCCCC/C=C\C/C=C\CCCCCCCC(=O)OCC(COC(OCC[N+](C)(C)C)C(=O)O)OC(=O)CCCCCCC/C=C\C/C=C\CCCCCC. The molecule has 330 valence electrons. The Morgan fingerprint density at radius 1 is 0.526 bits per heavy atom. The van der Waals surface area contributed by atoms with E-state index in [0.717, 1.165) is 83.5 Å². The second-order valence-corrected chi connectivity index (χ2v) is 16.4. The summed E-state index contributed by atoms with van der Waals surface area (Å²) in [6.45, 7) is 4.79. The van der Waals surface area contributed by atoms with Crippen LogP contribution in [0.5, 0.6) is 0 Å². The van der Waals surface area contributed by atoms with Crippen LogP contribution in [0.1, 0.15) is 181 Å². The Balaban J connectivity index is 4.49. The van der Waals surface area contributed by atoms with Gasteiger partial charge in [-0.1, -0.05) is 140 Å². The average molecular weight is 805 g/mol. The number of hydrogen-bond donors (Lipinski definition) is 1. The van der Waals surface area contributed by atoms with Crippen molar-refractivity contribution in [3.8, 4) is 0 Å². The molecule has 0 aliphatic rings. The maximum atomic E-state index is 12.8.